The third-order valence-corrected chi connectivity index (χ3v) is 5.52. The van der Waals surface area contributed by atoms with Crippen LogP contribution in [0.2, 0.25) is 0 Å². The second-order valence-corrected chi connectivity index (χ2v) is 7.22. The van der Waals surface area contributed by atoms with Gasteiger partial charge in [0.2, 0.25) is 5.91 Å². The molecule has 1 aromatic carbocycles. The van der Waals surface area contributed by atoms with Gasteiger partial charge in [-0.15, -0.1) is 11.3 Å². The third-order valence-electron chi connectivity index (χ3n) is 4.57. The minimum Gasteiger partial charge on any atom is -0.378 e. The number of carbonyl (C=O) groups is 1. The maximum Gasteiger partial charge on any atom is 0.244 e. The summed E-state index contributed by atoms with van der Waals surface area (Å²) in [6.07, 6.45) is 4.41. The van der Waals surface area contributed by atoms with Crippen LogP contribution in [0, 0.1) is 0 Å². The molecular formula is C19H22N4O2S. The van der Waals surface area contributed by atoms with Crippen molar-refractivity contribution in [2.24, 2.45) is 0 Å². The van der Waals surface area contributed by atoms with Crippen molar-refractivity contribution in [1.29, 1.82) is 0 Å². The Hall–Kier alpha value is -2.38. The Bertz CT molecular complexity index is 811. The normalized spacial score (nSPS) is 16.6. The molecule has 2 aromatic rings. The summed E-state index contributed by atoms with van der Waals surface area (Å²) in [5.74, 6) is -0.0900. The Balaban J connectivity index is 1.32. The molecule has 0 bridgehead atoms. The summed E-state index contributed by atoms with van der Waals surface area (Å²) in [7, 11) is 0. The summed E-state index contributed by atoms with van der Waals surface area (Å²) in [6.45, 7) is 3.17. The first-order valence-electron chi connectivity index (χ1n) is 8.90. The van der Waals surface area contributed by atoms with Gasteiger partial charge in [0.15, 0.2) is 5.13 Å². The molecule has 26 heavy (non-hydrogen) atoms. The minimum absolute atomic E-state index is 0.0900. The molecule has 6 nitrogen and oxygen atoms in total. The Morgan fingerprint density at radius 2 is 2.12 bits per heavy atom. The van der Waals surface area contributed by atoms with Gasteiger partial charge in [0.25, 0.3) is 0 Å². The Labute approximate surface area is 156 Å². The predicted molar refractivity (Wildman–Crippen MR) is 103 cm³/mol. The van der Waals surface area contributed by atoms with Gasteiger partial charge in [-0.3, -0.25) is 15.6 Å². The molecule has 1 aliphatic carbocycles. The zero-order valence-electron chi connectivity index (χ0n) is 14.5. The van der Waals surface area contributed by atoms with Crippen molar-refractivity contribution in [2.45, 2.75) is 19.3 Å². The molecule has 1 aromatic heterocycles. The summed E-state index contributed by atoms with van der Waals surface area (Å²) in [5.41, 5.74) is 10.1. The highest BCUT2D eigenvalue weighted by atomic mass is 32.1. The van der Waals surface area contributed by atoms with Crippen molar-refractivity contribution >= 4 is 28.1 Å². The molecule has 0 atom stereocenters. The molecule has 2 heterocycles. The highest BCUT2D eigenvalue weighted by molar-refractivity contribution is 7.13. The lowest BCUT2D eigenvalue weighted by molar-refractivity contribution is -0.121. The van der Waals surface area contributed by atoms with Crippen LogP contribution in [0.5, 0.6) is 0 Å². The number of hydrogen-bond donors (Lipinski definition) is 2. The molecule has 0 radical (unpaired) electrons. The van der Waals surface area contributed by atoms with Crippen molar-refractivity contribution in [3.8, 4) is 0 Å². The SMILES string of the molecule is O=C(Cc1csc(N2CCOCC2)n1)NNC1=CCCc2ccccc21. The van der Waals surface area contributed by atoms with Crippen LogP contribution in [0.15, 0.2) is 35.7 Å². The van der Waals surface area contributed by atoms with E-state index in [1.54, 1.807) is 11.3 Å². The average molecular weight is 370 g/mol. The van der Waals surface area contributed by atoms with Crippen LogP contribution in [0.1, 0.15) is 23.2 Å². The van der Waals surface area contributed by atoms with Crippen LogP contribution in [0.25, 0.3) is 5.70 Å². The fourth-order valence-corrected chi connectivity index (χ4v) is 4.10. The number of aryl methyl sites for hydroxylation is 1. The molecule has 1 saturated heterocycles. The molecule has 1 amide bonds. The molecule has 4 rings (SSSR count). The molecule has 1 fully saturated rings. The minimum atomic E-state index is -0.0900. The van der Waals surface area contributed by atoms with Crippen LogP contribution in [-0.2, 0) is 22.4 Å². The number of nitrogens with zero attached hydrogens (tertiary/aromatic N) is 2. The van der Waals surface area contributed by atoms with Crippen LogP contribution in [0.3, 0.4) is 0 Å². The maximum absolute atomic E-state index is 12.3. The van der Waals surface area contributed by atoms with Gasteiger partial charge in [0.05, 0.1) is 31.0 Å². The van der Waals surface area contributed by atoms with Gasteiger partial charge >= 0.3 is 0 Å². The molecule has 0 saturated carbocycles. The quantitative estimate of drug-likeness (QED) is 0.790. The van der Waals surface area contributed by atoms with E-state index >= 15 is 0 Å². The Kier molecular flexibility index (Phi) is 5.17. The number of fused-ring (bicyclic) bond motifs is 1. The van der Waals surface area contributed by atoms with Gasteiger partial charge in [0.1, 0.15) is 0 Å². The summed E-state index contributed by atoms with van der Waals surface area (Å²) < 4.78 is 5.36. The maximum atomic E-state index is 12.3. The summed E-state index contributed by atoms with van der Waals surface area (Å²) in [6, 6.07) is 8.28. The van der Waals surface area contributed by atoms with E-state index in [0.717, 1.165) is 61.2 Å². The monoisotopic (exact) mass is 370 g/mol. The van der Waals surface area contributed by atoms with Gasteiger partial charge < -0.3 is 9.64 Å². The zero-order chi connectivity index (χ0) is 17.8. The van der Waals surface area contributed by atoms with E-state index in [2.05, 4.69) is 45.0 Å². The zero-order valence-corrected chi connectivity index (χ0v) is 15.3. The highest BCUT2D eigenvalue weighted by Crippen LogP contribution is 2.24. The number of morpholine rings is 1. The first kappa shape index (κ1) is 17.1. The van der Waals surface area contributed by atoms with Crippen molar-refractivity contribution in [3.05, 3.63) is 52.5 Å². The number of ether oxygens (including phenoxy) is 1. The number of thiazole rings is 1. The van der Waals surface area contributed by atoms with Crippen molar-refractivity contribution < 1.29 is 9.53 Å². The van der Waals surface area contributed by atoms with Gasteiger partial charge in [-0.2, -0.15) is 0 Å². The number of allylic oxidation sites excluding steroid dienone is 1. The second-order valence-electron chi connectivity index (χ2n) is 6.38. The van der Waals surface area contributed by atoms with E-state index in [0.29, 0.717) is 0 Å². The van der Waals surface area contributed by atoms with Gasteiger partial charge in [-0.25, -0.2) is 4.98 Å². The van der Waals surface area contributed by atoms with Crippen LogP contribution in [-0.4, -0.2) is 37.2 Å². The highest BCUT2D eigenvalue weighted by Gasteiger charge is 2.16. The molecular weight excluding hydrogens is 348 g/mol. The molecule has 7 heteroatoms. The molecule has 1 aliphatic heterocycles. The smallest absolute Gasteiger partial charge is 0.244 e. The van der Waals surface area contributed by atoms with E-state index in [1.165, 1.54) is 5.56 Å². The number of carbonyl (C=O) groups excluding carboxylic acids is 1. The molecule has 0 spiro atoms. The van der Waals surface area contributed by atoms with E-state index < -0.39 is 0 Å². The number of hydrazine groups is 1. The van der Waals surface area contributed by atoms with Crippen LogP contribution >= 0.6 is 11.3 Å². The number of hydrogen-bond acceptors (Lipinski definition) is 6. The van der Waals surface area contributed by atoms with E-state index in [1.807, 2.05) is 11.4 Å². The summed E-state index contributed by atoms with van der Waals surface area (Å²) >= 11 is 1.58. The van der Waals surface area contributed by atoms with E-state index in [4.69, 9.17) is 4.74 Å². The Morgan fingerprint density at radius 3 is 3.00 bits per heavy atom. The lowest BCUT2D eigenvalue weighted by Gasteiger charge is -2.26. The van der Waals surface area contributed by atoms with Crippen LogP contribution in [0.4, 0.5) is 5.13 Å². The van der Waals surface area contributed by atoms with Gasteiger partial charge in [-0.05, 0) is 18.4 Å². The number of amides is 1. The first-order valence-corrected chi connectivity index (χ1v) is 9.78. The number of rotatable bonds is 5. The molecule has 0 unspecified atom stereocenters. The second kappa shape index (κ2) is 7.88. The van der Waals surface area contributed by atoms with Crippen molar-refractivity contribution in [2.75, 3.05) is 31.2 Å². The lowest BCUT2D eigenvalue weighted by atomic mass is 9.95. The number of aromatic nitrogens is 1. The predicted octanol–water partition coefficient (Wildman–Crippen LogP) is 2.13. The number of anilines is 1. The lowest BCUT2D eigenvalue weighted by Crippen LogP contribution is -2.38. The fraction of sp³-hybridized carbons (Fsp3) is 0.368. The van der Waals surface area contributed by atoms with E-state index in [9.17, 15) is 4.79 Å². The standard InChI is InChI=1S/C19H22N4O2S/c24-18(12-15-13-26-19(20-15)23-8-10-25-11-9-23)22-21-17-7-3-5-14-4-1-2-6-16(14)17/h1-2,4,6-7,13,21H,3,5,8-12H2,(H,22,24). The summed E-state index contributed by atoms with van der Waals surface area (Å²) in [5, 5.41) is 2.92. The van der Waals surface area contributed by atoms with Gasteiger partial charge in [-0.1, -0.05) is 30.3 Å². The number of benzene rings is 1. The van der Waals surface area contributed by atoms with Crippen LogP contribution < -0.4 is 15.8 Å². The topological polar surface area (TPSA) is 66.5 Å². The first-order chi connectivity index (χ1) is 12.8. The average Bonchev–Trinajstić information content (AvgIpc) is 3.15. The largest absolute Gasteiger partial charge is 0.378 e. The van der Waals surface area contributed by atoms with Crippen molar-refractivity contribution in [1.82, 2.24) is 15.8 Å². The molecule has 136 valence electrons. The van der Waals surface area contributed by atoms with E-state index in [-0.39, 0.29) is 12.3 Å². The van der Waals surface area contributed by atoms with Gasteiger partial charge in [0, 0.05) is 24.0 Å². The third kappa shape index (κ3) is 3.89. The molecule has 2 N–H and O–H groups in total. The van der Waals surface area contributed by atoms with Crippen molar-refractivity contribution in [3.63, 3.8) is 0 Å². The molecule has 2 aliphatic rings. The Morgan fingerprint density at radius 1 is 1.27 bits per heavy atom. The fourth-order valence-electron chi connectivity index (χ4n) is 3.22. The summed E-state index contributed by atoms with van der Waals surface area (Å²) in [4.78, 5) is 19.1. The number of nitrogens with one attached hydrogen (secondary N) is 2.